The SMILES string of the molecule is Cc1cc(Cl)ccc1NC1NC(=O)/C(=C/c2c(C)n(Cc3ccc(Cl)cc3Cl)c3ccccc23)S1. The number of thioether (sulfide) groups is 1. The molecule has 4 aromatic rings. The Kier molecular flexibility index (Phi) is 6.78. The fourth-order valence-corrected chi connectivity index (χ4v) is 5.94. The van der Waals surface area contributed by atoms with Gasteiger partial charge in [0.15, 0.2) is 5.50 Å². The molecule has 1 saturated heterocycles. The summed E-state index contributed by atoms with van der Waals surface area (Å²) in [5.41, 5.74) is 5.82. The molecule has 35 heavy (non-hydrogen) atoms. The minimum atomic E-state index is -0.268. The molecule has 0 bridgehead atoms. The monoisotopic (exact) mass is 541 g/mol. The molecule has 0 spiro atoms. The molecule has 1 fully saturated rings. The maximum Gasteiger partial charge on any atom is 0.260 e. The lowest BCUT2D eigenvalue weighted by atomic mass is 10.1. The van der Waals surface area contributed by atoms with E-state index in [1.165, 1.54) is 11.8 Å². The van der Waals surface area contributed by atoms with Gasteiger partial charge in [-0.3, -0.25) is 4.79 Å². The highest BCUT2D eigenvalue weighted by Gasteiger charge is 2.28. The highest BCUT2D eigenvalue weighted by molar-refractivity contribution is 8.05. The standard InChI is InChI=1S/C27H22Cl3N3OS/c1-15-11-18(28)9-10-23(15)31-27-32-26(34)25(35-27)13-21-16(2)33(24-6-4-3-5-20(21)24)14-17-7-8-19(29)12-22(17)30/h3-13,27,31H,14H2,1-2H3,(H,32,34)/b25-13-. The Labute approximate surface area is 223 Å². The van der Waals surface area contributed by atoms with Crippen molar-refractivity contribution in [1.29, 1.82) is 0 Å². The predicted octanol–water partition coefficient (Wildman–Crippen LogP) is 7.87. The summed E-state index contributed by atoms with van der Waals surface area (Å²) >= 11 is 20.1. The number of aryl methyl sites for hydroxylation is 1. The number of nitrogens with zero attached hydrogens (tertiary/aromatic N) is 1. The molecule has 4 nitrogen and oxygen atoms in total. The van der Waals surface area contributed by atoms with E-state index in [1.807, 2.05) is 55.5 Å². The third-order valence-corrected chi connectivity index (χ3v) is 7.96. The molecule has 1 aliphatic heterocycles. The number of halogens is 3. The zero-order valence-corrected chi connectivity index (χ0v) is 22.1. The molecule has 1 aromatic heterocycles. The van der Waals surface area contributed by atoms with E-state index in [2.05, 4.69) is 34.3 Å². The van der Waals surface area contributed by atoms with Gasteiger partial charge in [-0.2, -0.15) is 0 Å². The van der Waals surface area contributed by atoms with E-state index in [4.69, 9.17) is 34.8 Å². The Bertz CT molecular complexity index is 1490. The van der Waals surface area contributed by atoms with Crippen molar-refractivity contribution in [3.05, 3.63) is 103 Å². The second-order valence-corrected chi connectivity index (χ2v) is 10.8. The molecule has 8 heteroatoms. The van der Waals surface area contributed by atoms with Crippen LogP contribution >= 0.6 is 46.6 Å². The summed E-state index contributed by atoms with van der Waals surface area (Å²) in [4.78, 5) is 13.5. The van der Waals surface area contributed by atoms with Gasteiger partial charge >= 0.3 is 0 Å². The fourth-order valence-electron chi connectivity index (χ4n) is 4.29. The Morgan fingerprint density at radius 1 is 1.03 bits per heavy atom. The number of carbonyl (C=O) groups is 1. The lowest BCUT2D eigenvalue weighted by molar-refractivity contribution is -0.116. The summed E-state index contributed by atoms with van der Waals surface area (Å²) in [6.45, 7) is 4.66. The third kappa shape index (κ3) is 4.91. The number of carbonyl (C=O) groups excluding carboxylic acids is 1. The molecule has 1 unspecified atom stereocenters. The molecule has 0 aliphatic carbocycles. The van der Waals surface area contributed by atoms with E-state index in [0.29, 0.717) is 26.5 Å². The molecular weight excluding hydrogens is 521 g/mol. The molecule has 5 rings (SSSR count). The maximum atomic E-state index is 12.8. The van der Waals surface area contributed by atoms with Crippen molar-refractivity contribution in [3.63, 3.8) is 0 Å². The van der Waals surface area contributed by atoms with E-state index in [0.717, 1.165) is 39.0 Å². The zero-order valence-electron chi connectivity index (χ0n) is 19.0. The highest BCUT2D eigenvalue weighted by Crippen LogP contribution is 2.35. The van der Waals surface area contributed by atoms with Gasteiger partial charge < -0.3 is 15.2 Å². The van der Waals surface area contributed by atoms with Gasteiger partial charge in [0.05, 0.1) is 4.91 Å². The highest BCUT2D eigenvalue weighted by atomic mass is 35.5. The Hall–Kier alpha value is -2.57. The topological polar surface area (TPSA) is 46.1 Å². The van der Waals surface area contributed by atoms with Crippen LogP contribution in [0.15, 0.2) is 65.6 Å². The Morgan fingerprint density at radius 3 is 2.54 bits per heavy atom. The molecule has 2 heterocycles. The first-order chi connectivity index (χ1) is 16.8. The van der Waals surface area contributed by atoms with E-state index in [9.17, 15) is 4.79 Å². The average Bonchev–Trinajstić information content (AvgIpc) is 3.29. The number of fused-ring (bicyclic) bond motifs is 1. The summed E-state index contributed by atoms with van der Waals surface area (Å²) in [6, 6.07) is 19.4. The summed E-state index contributed by atoms with van der Waals surface area (Å²) in [6.07, 6.45) is 1.98. The number of aromatic nitrogens is 1. The van der Waals surface area contributed by atoms with Crippen molar-refractivity contribution in [2.24, 2.45) is 0 Å². The van der Waals surface area contributed by atoms with Crippen LogP contribution in [0.5, 0.6) is 0 Å². The maximum absolute atomic E-state index is 12.8. The van der Waals surface area contributed by atoms with Crippen LogP contribution in [-0.2, 0) is 11.3 Å². The van der Waals surface area contributed by atoms with Crippen LogP contribution in [0.1, 0.15) is 22.4 Å². The van der Waals surface area contributed by atoms with E-state index >= 15 is 0 Å². The number of anilines is 1. The van der Waals surface area contributed by atoms with Crippen molar-refractivity contribution >= 4 is 75.1 Å². The molecule has 1 atom stereocenters. The lowest BCUT2D eigenvalue weighted by Crippen LogP contribution is -2.31. The van der Waals surface area contributed by atoms with E-state index in [-0.39, 0.29) is 11.4 Å². The number of rotatable bonds is 5. The summed E-state index contributed by atoms with van der Waals surface area (Å²) in [7, 11) is 0. The van der Waals surface area contributed by atoms with E-state index < -0.39 is 0 Å². The minimum absolute atomic E-state index is 0.101. The molecule has 178 valence electrons. The number of amides is 1. The zero-order chi connectivity index (χ0) is 24.7. The van der Waals surface area contributed by atoms with Gasteiger partial charge in [-0.15, -0.1) is 0 Å². The lowest BCUT2D eigenvalue weighted by Gasteiger charge is -2.15. The summed E-state index contributed by atoms with van der Waals surface area (Å²) in [5.74, 6) is -0.101. The van der Waals surface area contributed by atoms with Crippen LogP contribution in [0.3, 0.4) is 0 Å². The van der Waals surface area contributed by atoms with Crippen molar-refractivity contribution in [2.45, 2.75) is 25.9 Å². The van der Waals surface area contributed by atoms with Crippen molar-refractivity contribution in [3.8, 4) is 0 Å². The van der Waals surface area contributed by atoms with Gasteiger partial charge in [-0.05, 0) is 67.4 Å². The van der Waals surface area contributed by atoms with Gasteiger partial charge in [0.2, 0.25) is 0 Å². The fraction of sp³-hybridized carbons (Fsp3) is 0.148. The van der Waals surface area contributed by atoms with Gasteiger partial charge in [0.25, 0.3) is 5.91 Å². The first kappa shape index (κ1) is 24.1. The second kappa shape index (κ2) is 9.82. The van der Waals surface area contributed by atoms with Crippen LogP contribution in [0.4, 0.5) is 5.69 Å². The first-order valence-electron chi connectivity index (χ1n) is 11.0. The molecular formula is C27H22Cl3N3OS. The van der Waals surface area contributed by atoms with Crippen LogP contribution in [-0.4, -0.2) is 16.0 Å². The van der Waals surface area contributed by atoms with Gasteiger partial charge in [-0.25, -0.2) is 0 Å². The smallest absolute Gasteiger partial charge is 0.260 e. The summed E-state index contributed by atoms with van der Waals surface area (Å²) < 4.78 is 2.22. The normalized spacial score (nSPS) is 16.8. The molecule has 2 N–H and O–H groups in total. The predicted molar refractivity (Wildman–Crippen MR) is 150 cm³/mol. The number of hydrogen-bond donors (Lipinski definition) is 2. The van der Waals surface area contributed by atoms with Crippen molar-refractivity contribution in [1.82, 2.24) is 9.88 Å². The molecule has 0 radical (unpaired) electrons. The number of para-hydroxylation sites is 1. The van der Waals surface area contributed by atoms with Gasteiger partial charge in [-0.1, -0.05) is 70.8 Å². The Morgan fingerprint density at radius 2 is 1.77 bits per heavy atom. The van der Waals surface area contributed by atoms with Gasteiger partial charge in [0, 0.05) is 49.5 Å². The molecule has 0 saturated carbocycles. The Balaban J connectivity index is 1.47. The number of benzene rings is 3. The summed E-state index contributed by atoms with van der Waals surface area (Å²) in [5, 5.41) is 9.41. The molecule has 1 amide bonds. The van der Waals surface area contributed by atoms with Crippen LogP contribution in [0.25, 0.3) is 17.0 Å². The molecule has 3 aromatic carbocycles. The van der Waals surface area contributed by atoms with Crippen LogP contribution in [0, 0.1) is 13.8 Å². The van der Waals surface area contributed by atoms with E-state index in [1.54, 1.807) is 6.07 Å². The largest absolute Gasteiger partial charge is 0.356 e. The molecule has 1 aliphatic rings. The van der Waals surface area contributed by atoms with Crippen LogP contribution in [0.2, 0.25) is 15.1 Å². The van der Waals surface area contributed by atoms with Gasteiger partial charge in [0.1, 0.15) is 0 Å². The second-order valence-electron chi connectivity index (χ2n) is 8.42. The van der Waals surface area contributed by atoms with Crippen molar-refractivity contribution in [2.75, 3.05) is 5.32 Å². The van der Waals surface area contributed by atoms with Crippen LogP contribution < -0.4 is 10.6 Å². The number of hydrogen-bond acceptors (Lipinski definition) is 3. The quantitative estimate of drug-likeness (QED) is 0.252. The first-order valence-corrected chi connectivity index (χ1v) is 13.0. The third-order valence-electron chi connectivity index (χ3n) is 6.10. The number of nitrogens with one attached hydrogen (secondary N) is 2. The van der Waals surface area contributed by atoms with Crippen molar-refractivity contribution < 1.29 is 4.79 Å². The average molecular weight is 543 g/mol. The minimum Gasteiger partial charge on any atom is -0.356 e.